The molecular weight excluding hydrogens is 146 g/mol. The second kappa shape index (κ2) is 3.69. The highest BCUT2D eigenvalue weighted by Gasteiger charge is 2.25. The zero-order chi connectivity index (χ0) is 8.27. The molecule has 2 unspecified atom stereocenters. The van der Waals surface area contributed by atoms with Gasteiger partial charge in [-0.3, -0.25) is 4.79 Å². The number of nitrogens with two attached hydrogens (primary N) is 1. The Morgan fingerprint density at radius 2 is 2.45 bits per heavy atom. The number of carbonyl (C=O) groups is 1. The van der Waals surface area contributed by atoms with E-state index >= 15 is 0 Å². The van der Waals surface area contributed by atoms with E-state index in [1.807, 2.05) is 0 Å². The molecule has 3 N–H and O–H groups in total. The fourth-order valence-electron chi connectivity index (χ4n) is 1.25. The maximum Gasteiger partial charge on any atom is 0.246 e. The summed E-state index contributed by atoms with van der Waals surface area (Å²) in [5.41, 5.74) is 4.92. The Kier molecular flexibility index (Phi) is 2.84. The molecule has 0 aromatic heterocycles. The minimum Gasteiger partial charge on any atom is -0.383 e. The van der Waals surface area contributed by atoms with Crippen LogP contribution in [0.2, 0.25) is 0 Å². The van der Waals surface area contributed by atoms with Crippen molar-refractivity contribution < 1.29 is 14.6 Å². The third-order valence-corrected chi connectivity index (χ3v) is 1.93. The molecule has 0 aromatic rings. The maximum absolute atomic E-state index is 10.5. The zero-order valence-electron chi connectivity index (χ0n) is 6.32. The molecule has 1 aliphatic heterocycles. The van der Waals surface area contributed by atoms with E-state index in [4.69, 9.17) is 10.5 Å². The van der Waals surface area contributed by atoms with Gasteiger partial charge in [0.25, 0.3) is 0 Å². The van der Waals surface area contributed by atoms with E-state index in [0.29, 0.717) is 6.61 Å². The molecule has 0 radical (unpaired) electrons. The molecular formula is C7H13NO3. The molecule has 1 fully saturated rings. The van der Waals surface area contributed by atoms with Crippen LogP contribution in [0.25, 0.3) is 0 Å². The van der Waals surface area contributed by atoms with Crippen molar-refractivity contribution >= 4 is 5.91 Å². The molecule has 4 heteroatoms. The van der Waals surface area contributed by atoms with Crippen LogP contribution in [-0.2, 0) is 9.53 Å². The van der Waals surface area contributed by atoms with Gasteiger partial charge in [0.05, 0.1) is 6.61 Å². The first-order valence-electron chi connectivity index (χ1n) is 3.77. The van der Waals surface area contributed by atoms with Gasteiger partial charge in [0.1, 0.15) is 6.10 Å². The fourth-order valence-corrected chi connectivity index (χ4v) is 1.25. The normalized spacial score (nSPS) is 27.9. The Morgan fingerprint density at radius 3 is 2.91 bits per heavy atom. The zero-order valence-corrected chi connectivity index (χ0v) is 6.32. The van der Waals surface area contributed by atoms with Crippen molar-refractivity contribution in [3.05, 3.63) is 0 Å². The lowest BCUT2D eigenvalue weighted by Crippen LogP contribution is -2.39. The molecule has 0 aromatic carbocycles. The SMILES string of the molecule is NC(=O)C(O)C1CCCOC1. The third kappa shape index (κ3) is 2.17. The van der Waals surface area contributed by atoms with Crippen LogP contribution in [0.5, 0.6) is 0 Å². The predicted octanol–water partition coefficient (Wildman–Crippen LogP) is -0.741. The highest BCUT2D eigenvalue weighted by Crippen LogP contribution is 2.16. The van der Waals surface area contributed by atoms with Crippen molar-refractivity contribution in [1.29, 1.82) is 0 Å². The van der Waals surface area contributed by atoms with Gasteiger partial charge in [-0.05, 0) is 12.8 Å². The van der Waals surface area contributed by atoms with Gasteiger partial charge in [0.15, 0.2) is 0 Å². The summed E-state index contributed by atoms with van der Waals surface area (Å²) in [6, 6.07) is 0. The molecule has 0 bridgehead atoms. The molecule has 1 heterocycles. The number of rotatable bonds is 2. The molecule has 0 spiro atoms. The summed E-state index contributed by atoms with van der Waals surface area (Å²) in [4.78, 5) is 10.5. The van der Waals surface area contributed by atoms with Crippen LogP contribution in [-0.4, -0.2) is 30.3 Å². The molecule has 4 nitrogen and oxygen atoms in total. The van der Waals surface area contributed by atoms with Crippen molar-refractivity contribution in [2.24, 2.45) is 11.7 Å². The summed E-state index contributed by atoms with van der Waals surface area (Å²) < 4.78 is 5.09. The Hall–Kier alpha value is -0.610. The van der Waals surface area contributed by atoms with Gasteiger partial charge in [-0.15, -0.1) is 0 Å². The van der Waals surface area contributed by atoms with Crippen LogP contribution in [0.3, 0.4) is 0 Å². The Labute approximate surface area is 65.3 Å². The number of primary amides is 1. The molecule has 2 atom stereocenters. The minimum atomic E-state index is -1.03. The summed E-state index contributed by atoms with van der Waals surface area (Å²) in [6.07, 6.45) is 0.689. The second-order valence-electron chi connectivity index (χ2n) is 2.82. The predicted molar refractivity (Wildman–Crippen MR) is 38.7 cm³/mol. The number of aliphatic hydroxyl groups is 1. The van der Waals surface area contributed by atoms with E-state index in [2.05, 4.69) is 0 Å². The molecule has 1 saturated heterocycles. The summed E-state index contributed by atoms with van der Waals surface area (Å²) in [6.45, 7) is 1.17. The number of hydrogen-bond donors (Lipinski definition) is 2. The van der Waals surface area contributed by atoms with Gasteiger partial charge in [-0.25, -0.2) is 0 Å². The van der Waals surface area contributed by atoms with E-state index < -0.39 is 12.0 Å². The van der Waals surface area contributed by atoms with Crippen molar-refractivity contribution in [3.8, 4) is 0 Å². The van der Waals surface area contributed by atoms with Crippen molar-refractivity contribution in [3.63, 3.8) is 0 Å². The Balaban J connectivity index is 2.38. The first-order valence-corrected chi connectivity index (χ1v) is 3.77. The molecule has 0 aliphatic carbocycles. The van der Waals surface area contributed by atoms with E-state index in [9.17, 15) is 9.90 Å². The van der Waals surface area contributed by atoms with Crippen LogP contribution < -0.4 is 5.73 Å². The van der Waals surface area contributed by atoms with Crippen LogP contribution in [0.15, 0.2) is 0 Å². The van der Waals surface area contributed by atoms with Gasteiger partial charge >= 0.3 is 0 Å². The molecule has 11 heavy (non-hydrogen) atoms. The average molecular weight is 159 g/mol. The molecule has 1 rings (SSSR count). The highest BCUT2D eigenvalue weighted by atomic mass is 16.5. The maximum atomic E-state index is 10.5. The summed E-state index contributed by atoms with van der Waals surface area (Å²) in [7, 11) is 0. The van der Waals surface area contributed by atoms with Gasteiger partial charge in [0, 0.05) is 12.5 Å². The Bertz CT molecular complexity index is 143. The highest BCUT2D eigenvalue weighted by molar-refractivity contribution is 5.78. The molecule has 1 aliphatic rings. The number of aliphatic hydroxyl groups excluding tert-OH is 1. The third-order valence-electron chi connectivity index (χ3n) is 1.93. The number of hydrogen-bond acceptors (Lipinski definition) is 3. The summed E-state index contributed by atoms with van der Waals surface area (Å²) in [5.74, 6) is -0.748. The monoisotopic (exact) mass is 159 g/mol. The topological polar surface area (TPSA) is 72.6 Å². The van der Waals surface area contributed by atoms with E-state index in [0.717, 1.165) is 19.4 Å². The van der Waals surface area contributed by atoms with E-state index in [-0.39, 0.29) is 5.92 Å². The summed E-state index contributed by atoms with van der Waals surface area (Å²) >= 11 is 0. The molecule has 1 amide bonds. The smallest absolute Gasteiger partial charge is 0.246 e. The Morgan fingerprint density at radius 1 is 1.73 bits per heavy atom. The lowest BCUT2D eigenvalue weighted by molar-refractivity contribution is -0.131. The van der Waals surface area contributed by atoms with Gasteiger partial charge < -0.3 is 15.6 Å². The lowest BCUT2D eigenvalue weighted by Gasteiger charge is -2.24. The van der Waals surface area contributed by atoms with Crippen LogP contribution in [0.1, 0.15) is 12.8 Å². The quantitative estimate of drug-likeness (QED) is 0.557. The van der Waals surface area contributed by atoms with E-state index in [1.54, 1.807) is 0 Å². The number of carbonyl (C=O) groups excluding carboxylic acids is 1. The fraction of sp³-hybridized carbons (Fsp3) is 0.857. The standard InChI is InChI=1S/C7H13NO3/c8-7(10)6(9)5-2-1-3-11-4-5/h5-6,9H,1-4H2,(H2,8,10). The summed E-state index contributed by atoms with van der Waals surface area (Å²) in [5, 5.41) is 9.20. The number of amides is 1. The van der Waals surface area contributed by atoms with Gasteiger partial charge in [-0.2, -0.15) is 0 Å². The first-order chi connectivity index (χ1) is 5.22. The molecule has 0 saturated carbocycles. The van der Waals surface area contributed by atoms with Crippen molar-refractivity contribution in [2.75, 3.05) is 13.2 Å². The lowest BCUT2D eigenvalue weighted by atomic mass is 9.96. The van der Waals surface area contributed by atoms with Crippen LogP contribution in [0, 0.1) is 5.92 Å². The van der Waals surface area contributed by atoms with Crippen LogP contribution >= 0.6 is 0 Å². The van der Waals surface area contributed by atoms with Crippen LogP contribution in [0.4, 0.5) is 0 Å². The number of ether oxygens (including phenoxy) is 1. The average Bonchev–Trinajstić information content (AvgIpc) is 2.05. The minimum absolute atomic E-state index is 0.0961. The largest absolute Gasteiger partial charge is 0.383 e. The first kappa shape index (κ1) is 8.49. The van der Waals surface area contributed by atoms with Crippen molar-refractivity contribution in [2.45, 2.75) is 18.9 Å². The van der Waals surface area contributed by atoms with E-state index in [1.165, 1.54) is 0 Å². The van der Waals surface area contributed by atoms with Gasteiger partial charge in [-0.1, -0.05) is 0 Å². The van der Waals surface area contributed by atoms with Gasteiger partial charge in [0.2, 0.25) is 5.91 Å². The van der Waals surface area contributed by atoms with Crippen molar-refractivity contribution in [1.82, 2.24) is 0 Å². The molecule has 64 valence electrons. The second-order valence-corrected chi connectivity index (χ2v) is 2.82.